The molecule has 4 nitrogen and oxygen atoms in total. The SMILES string of the molecule is CN1CCc2ccccc2C1c1cccc(C(F)(F)F)c1.O=CCNCC1(O)CCCCC1. The number of nitrogens with zero attached hydrogens (tertiary/aromatic N) is 1. The lowest BCUT2D eigenvalue weighted by molar-refractivity contribution is -0.137. The average Bonchev–Trinajstić information content (AvgIpc) is 2.79. The zero-order chi connectivity index (χ0) is 23.9. The largest absolute Gasteiger partial charge is 0.416 e. The molecule has 0 aromatic heterocycles. The van der Waals surface area contributed by atoms with Crippen LogP contribution in [-0.2, 0) is 17.4 Å². The first-order chi connectivity index (χ1) is 15.7. The number of nitrogens with one attached hydrogen (secondary N) is 1. The first kappa shape index (κ1) is 25.4. The van der Waals surface area contributed by atoms with E-state index in [1.54, 1.807) is 6.07 Å². The number of rotatable bonds is 5. The fraction of sp³-hybridized carbons (Fsp3) is 0.500. The number of carbonyl (C=O) groups is 1. The average molecular weight is 463 g/mol. The highest BCUT2D eigenvalue weighted by Crippen LogP contribution is 2.37. The van der Waals surface area contributed by atoms with E-state index in [9.17, 15) is 23.1 Å². The second kappa shape index (κ2) is 11.3. The van der Waals surface area contributed by atoms with E-state index in [0.29, 0.717) is 18.7 Å². The molecule has 7 heteroatoms. The van der Waals surface area contributed by atoms with Gasteiger partial charge in [-0.15, -0.1) is 0 Å². The number of hydrogen-bond acceptors (Lipinski definition) is 4. The van der Waals surface area contributed by atoms with E-state index in [0.717, 1.165) is 56.6 Å². The van der Waals surface area contributed by atoms with E-state index in [2.05, 4.69) is 16.3 Å². The highest BCUT2D eigenvalue weighted by molar-refractivity contribution is 5.51. The van der Waals surface area contributed by atoms with Crippen LogP contribution in [0.2, 0.25) is 0 Å². The molecule has 1 unspecified atom stereocenters. The summed E-state index contributed by atoms with van der Waals surface area (Å²) in [5.74, 6) is 0. The molecule has 1 atom stereocenters. The molecule has 0 bridgehead atoms. The molecule has 2 aromatic carbocycles. The number of hydrogen-bond donors (Lipinski definition) is 2. The Kier molecular flexibility index (Phi) is 8.68. The molecule has 1 saturated carbocycles. The van der Waals surface area contributed by atoms with Crippen molar-refractivity contribution in [1.82, 2.24) is 10.2 Å². The van der Waals surface area contributed by atoms with Crippen LogP contribution < -0.4 is 5.32 Å². The van der Waals surface area contributed by atoms with Gasteiger partial charge in [0.25, 0.3) is 0 Å². The number of aldehydes is 1. The smallest absolute Gasteiger partial charge is 0.389 e. The molecule has 1 fully saturated rings. The van der Waals surface area contributed by atoms with Gasteiger partial charge in [-0.05, 0) is 55.1 Å². The Morgan fingerprint density at radius 2 is 1.85 bits per heavy atom. The van der Waals surface area contributed by atoms with Crippen molar-refractivity contribution >= 4 is 6.29 Å². The number of halogens is 3. The van der Waals surface area contributed by atoms with Crippen molar-refractivity contribution in [1.29, 1.82) is 0 Å². The maximum absolute atomic E-state index is 12.9. The Morgan fingerprint density at radius 3 is 2.55 bits per heavy atom. The van der Waals surface area contributed by atoms with Crippen LogP contribution in [0, 0.1) is 0 Å². The van der Waals surface area contributed by atoms with Gasteiger partial charge >= 0.3 is 6.18 Å². The summed E-state index contributed by atoms with van der Waals surface area (Å²) in [6.07, 6.45) is 2.66. The van der Waals surface area contributed by atoms with Gasteiger partial charge < -0.3 is 15.2 Å². The molecule has 0 saturated heterocycles. The lowest BCUT2D eigenvalue weighted by Gasteiger charge is -2.35. The summed E-state index contributed by atoms with van der Waals surface area (Å²) in [4.78, 5) is 12.1. The predicted octanol–water partition coefficient (Wildman–Crippen LogP) is 4.75. The van der Waals surface area contributed by atoms with E-state index >= 15 is 0 Å². The molecule has 2 aliphatic rings. The van der Waals surface area contributed by atoms with Gasteiger partial charge in [0.2, 0.25) is 0 Å². The van der Waals surface area contributed by atoms with Crippen LogP contribution >= 0.6 is 0 Å². The van der Waals surface area contributed by atoms with Gasteiger partial charge in [-0.25, -0.2) is 0 Å². The first-order valence-electron chi connectivity index (χ1n) is 11.6. The predicted molar refractivity (Wildman–Crippen MR) is 123 cm³/mol. The highest BCUT2D eigenvalue weighted by Gasteiger charge is 2.32. The van der Waals surface area contributed by atoms with Crippen LogP contribution in [0.25, 0.3) is 0 Å². The molecule has 4 rings (SSSR count). The summed E-state index contributed by atoms with van der Waals surface area (Å²) in [5.41, 5.74) is 1.89. The number of carbonyl (C=O) groups excluding carboxylic acids is 1. The van der Waals surface area contributed by atoms with E-state index in [1.165, 1.54) is 24.1 Å². The summed E-state index contributed by atoms with van der Waals surface area (Å²) in [5, 5.41) is 12.8. The minimum atomic E-state index is -4.30. The summed E-state index contributed by atoms with van der Waals surface area (Å²) in [6.45, 7) is 1.76. The van der Waals surface area contributed by atoms with Crippen molar-refractivity contribution in [2.75, 3.05) is 26.7 Å². The van der Waals surface area contributed by atoms with Gasteiger partial charge in [-0.3, -0.25) is 4.90 Å². The maximum Gasteiger partial charge on any atom is 0.416 e. The van der Waals surface area contributed by atoms with Crippen molar-refractivity contribution in [3.8, 4) is 0 Å². The van der Waals surface area contributed by atoms with Crippen molar-refractivity contribution in [2.24, 2.45) is 0 Å². The van der Waals surface area contributed by atoms with Gasteiger partial charge in [-0.2, -0.15) is 13.2 Å². The normalized spacial score (nSPS) is 20.3. The van der Waals surface area contributed by atoms with Crippen molar-refractivity contribution in [2.45, 2.75) is 56.3 Å². The molecule has 1 aliphatic heterocycles. The van der Waals surface area contributed by atoms with Crippen LogP contribution in [0.5, 0.6) is 0 Å². The maximum atomic E-state index is 12.9. The third-order valence-corrected chi connectivity index (χ3v) is 6.52. The molecule has 0 amide bonds. The summed E-state index contributed by atoms with van der Waals surface area (Å²) < 4.78 is 38.7. The monoisotopic (exact) mass is 462 g/mol. The number of likely N-dealkylation sites (N-methyl/N-ethyl adjacent to an activating group) is 1. The second-order valence-corrected chi connectivity index (χ2v) is 9.04. The molecule has 1 aliphatic carbocycles. The topological polar surface area (TPSA) is 52.6 Å². The summed E-state index contributed by atoms with van der Waals surface area (Å²) in [7, 11) is 1.96. The number of benzene rings is 2. The van der Waals surface area contributed by atoms with Crippen molar-refractivity contribution in [3.05, 3.63) is 70.8 Å². The number of fused-ring (bicyclic) bond motifs is 1. The molecule has 33 heavy (non-hydrogen) atoms. The van der Waals surface area contributed by atoms with Crippen molar-refractivity contribution < 1.29 is 23.1 Å². The number of alkyl halides is 3. The van der Waals surface area contributed by atoms with E-state index in [-0.39, 0.29) is 6.04 Å². The lowest BCUT2D eigenvalue weighted by atomic mass is 9.85. The molecule has 180 valence electrons. The second-order valence-electron chi connectivity index (χ2n) is 9.04. The molecular weight excluding hydrogens is 429 g/mol. The quantitative estimate of drug-likeness (QED) is 0.497. The molecule has 2 aromatic rings. The summed E-state index contributed by atoms with van der Waals surface area (Å²) >= 11 is 0. The highest BCUT2D eigenvalue weighted by atomic mass is 19.4. The van der Waals surface area contributed by atoms with Crippen LogP contribution in [0.15, 0.2) is 48.5 Å². The van der Waals surface area contributed by atoms with Crippen LogP contribution in [0.4, 0.5) is 13.2 Å². The van der Waals surface area contributed by atoms with E-state index < -0.39 is 17.3 Å². The molecular formula is C26H33F3N2O2. The Hall–Kier alpha value is -2.22. The zero-order valence-electron chi connectivity index (χ0n) is 19.1. The zero-order valence-corrected chi connectivity index (χ0v) is 19.1. The molecule has 0 radical (unpaired) electrons. The van der Waals surface area contributed by atoms with E-state index in [1.807, 2.05) is 25.2 Å². The Morgan fingerprint density at radius 1 is 1.12 bits per heavy atom. The minimum Gasteiger partial charge on any atom is -0.389 e. The summed E-state index contributed by atoms with van der Waals surface area (Å²) in [6, 6.07) is 13.5. The fourth-order valence-electron chi connectivity index (χ4n) is 4.76. The van der Waals surface area contributed by atoms with Gasteiger partial charge in [0, 0.05) is 13.1 Å². The minimum absolute atomic E-state index is 0.114. The Bertz CT molecular complexity index is 910. The van der Waals surface area contributed by atoms with Gasteiger partial charge in [-0.1, -0.05) is 55.7 Å². The standard InChI is InChI=1S/C17H16F3N.C9H17NO2/c1-21-10-9-12-5-2-3-8-15(12)16(21)13-6-4-7-14(11-13)17(18,19)20;11-7-6-10-8-9(12)4-2-1-3-5-9/h2-8,11,16H,9-10H2,1H3;7,10,12H,1-6,8H2. The van der Waals surface area contributed by atoms with Crippen LogP contribution in [0.3, 0.4) is 0 Å². The van der Waals surface area contributed by atoms with Crippen LogP contribution in [-0.4, -0.2) is 48.6 Å². The number of aliphatic hydroxyl groups is 1. The first-order valence-corrected chi connectivity index (χ1v) is 11.6. The van der Waals surface area contributed by atoms with E-state index in [4.69, 9.17) is 0 Å². The Balaban J connectivity index is 0.000000218. The van der Waals surface area contributed by atoms with Crippen LogP contribution in [0.1, 0.15) is 60.4 Å². The van der Waals surface area contributed by atoms with Crippen molar-refractivity contribution in [3.63, 3.8) is 0 Å². The molecule has 1 heterocycles. The van der Waals surface area contributed by atoms with Gasteiger partial charge in [0.1, 0.15) is 6.29 Å². The molecule has 0 spiro atoms. The molecule has 2 N–H and O–H groups in total. The Labute approximate surface area is 193 Å². The lowest BCUT2D eigenvalue weighted by Crippen LogP contribution is -2.42. The third kappa shape index (κ3) is 6.88. The fourth-order valence-corrected chi connectivity index (χ4v) is 4.76. The van der Waals surface area contributed by atoms with Gasteiger partial charge in [0.15, 0.2) is 0 Å². The third-order valence-electron chi connectivity index (χ3n) is 6.52. The van der Waals surface area contributed by atoms with Gasteiger partial charge in [0.05, 0.1) is 23.8 Å².